The summed E-state index contributed by atoms with van der Waals surface area (Å²) in [5.41, 5.74) is 0. The molecule has 0 bridgehead atoms. The van der Waals surface area contributed by atoms with Crippen molar-refractivity contribution >= 4 is 38.5 Å². The van der Waals surface area contributed by atoms with Crippen LogP contribution in [-0.4, -0.2) is 6.36 Å². The second kappa shape index (κ2) is 4.21. The van der Waals surface area contributed by atoms with E-state index >= 15 is 0 Å². The first-order chi connectivity index (χ1) is 6.29. The van der Waals surface area contributed by atoms with Crippen molar-refractivity contribution in [3.05, 3.63) is 26.0 Å². The molecule has 0 amide bonds. The monoisotopic (exact) mass is 384 g/mol. The van der Waals surface area contributed by atoms with Crippen LogP contribution >= 0.6 is 38.5 Å². The van der Waals surface area contributed by atoms with Gasteiger partial charge in [0.25, 0.3) is 0 Å². The second-order valence-electron chi connectivity index (χ2n) is 2.25. The third kappa shape index (κ3) is 3.26. The smallest absolute Gasteiger partial charge is 0.405 e. The Bertz CT molecular complexity index is 352. The molecule has 0 heterocycles. The second-order valence-corrected chi connectivity index (χ2v) is 4.24. The minimum atomic E-state index is -4.81. The highest BCUT2D eigenvalue weighted by molar-refractivity contribution is 14.1. The fourth-order valence-electron chi connectivity index (χ4n) is 0.731. The number of benzene rings is 1. The lowest BCUT2D eigenvalue weighted by molar-refractivity contribution is -0.275. The van der Waals surface area contributed by atoms with E-state index in [0.717, 1.165) is 12.1 Å². The van der Waals surface area contributed by atoms with Crippen LogP contribution in [0.4, 0.5) is 17.6 Å². The van der Waals surface area contributed by atoms with Gasteiger partial charge >= 0.3 is 6.36 Å². The van der Waals surface area contributed by atoms with E-state index in [0.29, 0.717) is 0 Å². The Hall–Kier alpha value is -0.0500. The van der Waals surface area contributed by atoms with Crippen LogP contribution in [0.25, 0.3) is 0 Å². The third-order valence-electron chi connectivity index (χ3n) is 1.19. The first-order valence-corrected chi connectivity index (χ1v) is 5.07. The van der Waals surface area contributed by atoms with E-state index in [-0.39, 0.29) is 8.04 Å². The molecule has 0 atom stereocenters. The molecule has 7 heteroatoms. The maximum atomic E-state index is 12.9. The van der Waals surface area contributed by atoms with Gasteiger partial charge in [-0.1, -0.05) is 15.9 Å². The van der Waals surface area contributed by atoms with Gasteiger partial charge in [0.05, 0.1) is 3.57 Å². The molecule has 0 aliphatic carbocycles. The molecule has 1 aromatic rings. The molecule has 0 N–H and O–H groups in total. The Morgan fingerprint density at radius 1 is 1.29 bits per heavy atom. The Labute approximate surface area is 98.7 Å². The van der Waals surface area contributed by atoms with Crippen LogP contribution in [0.15, 0.2) is 16.6 Å². The summed E-state index contributed by atoms with van der Waals surface area (Å²) in [6, 6.07) is 2.11. The molecular weight excluding hydrogens is 383 g/mol. The van der Waals surface area contributed by atoms with E-state index in [1.165, 1.54) is 22.6 Å². The maximum absolute atomic E-state index is 12.9. The lowest BCUT2D eigenvalue weighted by Crippen LogP contribution is -2.18. The van der Waals surface area contributed by atoms with Crippen LogP contribution in [0.1, 0.15) is 0 Å². The standard InChI is InChI=1S/C7H2BrF4IO/c8-3-1-4(9)6(13)5(2-3)14-7(10,11)12/h1-2H. The quantitative estimate of drug-likeness (QED) is 0.402. The van der Waals surface area contributed by atoms with Crippen LogP contribution in [0.3, 0.4) is 0 Å². The molecule has 0 saturated carbocycles. The van der Waals surface area contributed by atoms with Gasteiger partial charge in [0.2, 0.25) is 0 Å². The topological polar surface area (TPSA) is 9.23 Å². The lowest BCUT2D eigenvalue weighted by atomic mass is 10.3. The van der Waals surface area contributed by atoms with E-state index in [9.17, 15) is 17.6 Å². The van der Waals surface area contributed by atoms with Crippen molar-refractivity contribution in [1.29, 1.82) is 0 Å². The molecule has 0 radical (unpaired) electrons. The van der Waals surface area contributed by atoms with Crippen molar-refractivity contribution in [2.24, 2.45) is 0 Å². The van der Waals surface area contributed by atoms with Crippen LogP contribution < -0.4 is 4.74 Å². The van der Waals surface area contributed by atoms with Crippen LogP contribution in [0.2, 0.25) is 0 Å². The molecule has 0 aromatic heterocycles. The van der Waals surface area contributed by atoms with Crippen molar-refractivity contribution in [1.82, 2.24) is 0 Å². The van der Waals surface area contributed by atoms with Gasteiger partial charge in [-0.05, 0) is 34.7 Å². The van der Waals surface area contributed by atoms with Gasteiger partial charge < -0.3 is 4.74 Å². The van der Waals surface area contributed by atoms with Crippen molar-refractivity contribution in [3.63, 3.8) is 0 Å². The third-order valence-corrected chi connectivity index (χ3v) is 2.69. The van der Waals surface area contributed by atoms with Gasteiger partial charge in [-0.3, -0.25) is 0 Å². The molecule has 0 spiro atoms. The summed E-state index contributed by atoms with van der Waals surface area (Å²) < 4.78 is 52.0. The first kappa shape index (κ1) is 12.0. The minimum absolute atomic E-state index is 0.190. The van der Waals surface area contributed by atoms with Gasteiger partial charge in [-0.25, -0.2) is 4.39 Å². The zero-order chi connectivity index (χ0) is 10.9. The van der Waals surface area contributed by atoms with Gasteiger partial charge in [0, 0.05) is 4.47 Å². The van der Waals surface area contributed by atoms with E-state index in [1.54, 1.807) is 0 Å². The van der Waals surface area contributed by atoms with Gasteiger partial charge in [-0.15, -0.1) is 13.2 Å². The molecule has 0 saturated heterocycles. The number of ether oxygens (including phenoxy) is 1. The SMILES string of the molecule is Fc1cc(Br)cc(OC(F)(F)F)c1I. The molecule has 0 fully saturated rings. The average molecular weight is 385 g/mol. The summed E-state index contributed by atoms with van der Waals surface area (Å²) in [7, 11) is 0. The van der Waals surface area contributed by atoms with Crippen molar-refractivity contribution < 1.29 is 22.3 Å². The number of hydrogen-bond acceptors (Lipinski definition) is 1. The Morgan fingerprint density at radius 3 is 2.36 bits per heavy atom. The molecule has 0 aliphatic rings. The first-order valence-electron chi connectivity index (χ1n) is 3.20. The molecule has 1 nitrogen and oxygen atoms in total. The zero-order valence-corrected chi connectivity index (χ0v) is 10.1. The highest BCUT2D eigenvalue weighted by Crippen LogP contribution is 2.32. The molecule has 0 aliphatic heterocycles. The molecule has 14 heavy (non-hydrogen) atoms. The van der Waals surface area contributed by atoms with Crippen molar-refractivity contribution in [3.8, 4) is 5.75 Å². The van der Waals surface area contributed by atoms with E-state index in [2.05, 4.69) is 20.7 Å². The summed E-state index contributed by atoms with van der Waals surface area (Å²) in [6.07, 6.45) is -4.81. The fourth-order valence-corrected chi connectivity index (χ4v) is 1.56. The van der Waals surface area contributed by atoms with Gasteiger partial charge in [0.1, 0.15) is 11.6 Å². The lowest BCUT2D eigenvalue weighted by Gasteiger charge is -2.11. The molecule has 78 valence electrons. The minimum Gasteiger partial charge on any atom is -0.405 e. The predicted molar refractivity (Wildman–Crippen MR) is 53.5 cm³/mol. The summed E-state index contributed by atoms with van der Waals surface area (Å²) in [6.45, 7) is 0. The normalized spacial score (nSPS) is 11.6. The summed E-state index contributed by atoms with van der Waals surface area (Å²) >= 11 is 4.30. The summed E-state index contributed by atoms with van der Waals surface area (Å²) in [5, 5.41) is 0. The van der Waals surface area contributed by atoms with Gasteiger partial charge in [-0.2, -0.15) is 0 Å². The Balaban J connectivity index is 3.09. The van der Waals surface area contributed by atoms with Gasteiger partial charge in [0.15, 0.2) is 0 Å². The number of rotatable bonds is 1. The Kier molecular flexibility index (Phi) is 3.62. The van der Waals surface area contributed by atoms with E-state index < -0.39 is 17.9 Å². The van der Waals surface area contributed by atoms with E-state index in [4.69, 9.17) is 0 Å². The predicted octanol–water partition coefficient (Wildman–Crippen LogP) is 4.09. The van der Waals surface area contributed by atoms with Crippen molar-refractivity contribution in [2.75, 3.05) is 0 Å². The number of alkyl halides is 3. The Morgan fingerprint density at radius 2 is 1.86 bits per heavy atom. The van der Waals surface area contributed by atoms with Crippen LogP contribution in [0, 0.1) is 9.39 Å². The zero-order valence-electron chi connectivity index (χ0n) is 6.33. The molecular formula is C7H2BrF4IO. The fraction of sp³-hybridized carbons (Fsp3) is 0.143. The number of halogens is 6. The maximum Gasteiger partial charge on any atom is 0.573 e. The average Bonchev–Trinajstić information content (AvgIpc) is 1.96. The van der Waals surface area contributed by atoms with Crippen LogP contribution in [-0.2, 0) is 0 Å². The summed E-state index contributed by atoms with van der Waals surface area (Å²) in [5.74, 6) is -1.32. The molecule has 1 aromatic carbocycles. The highest BCUT2D eigenvalue weighted by Gasteiger charge is 2.32. The number of hydrogen-bond donors (Lipinski definition) is 0. The van der Waals surface area contributed by atoms with E-state index in [1.807, 2.05) is 0 Å². The van der Waals surface area contributed by atoms with Crippen LogP contribution in [0.5, 0.6) is 5.75 Å². The highest BCUT2D eigenvalue weighted by atomic mass is 127. The molecule has 1 rings (SSSR count). The summed E-state index contributed by atoms with van der Waals surface area (Å²) in [4.78, 5) is 0. The molecule has 0 unspecified atom stereocenters. The van der Waals surface area contributed by atoms with Crippen molar-refractivity contribution in [2.45, 2.75) is 6.36 Å². The largest absolute Gasteiger partial charge is 0.573 e.